The Labute approximate surface area is 131 Å². The Balaban J connectivity index is 1.85. The second-order valence-corrected chi connectivity index (χ2v) is 5.65. The molecule has 0 unspecified atom stereocenters. The van der Waals surface area contributed by atoms with Gasteiger partial charge in [-0.1, -0.05) is 36.8 Å². The SMILES string of the molecule is CCCn1nccc1NC(=O)CN(C)Cc1ccc(C)cc1. The van der Waals surface area contributed by atoms with Crippen molar-refractivity contribution in [2.45, 2.75) is 33.4 Å². The van der Waals surface area contributed by atoms with E-state index in [0.29, 0.717) is 6.54 Å². The predicted octanol–water partition coefficient (Wildman–Crippen LogP) is 2.67. The number of carbonyl (C=O) groups is 1. The Hall–Kier alpha value is -2.14. The molecule has 0 spiro atoms. The van der Waals surface area contributed by atoms with Crippen LogP contribution >= 0.6 is 0 Å². The molecule has 0 bridgehead atoms. The first kappa shape index (κ1) is 16.2. The maximum absolute atomic E-state index is 12.1. The van der Waals surface area contributed by atoms with Crippen LogP contribution in [0, 0.1) is 6.92 Å². The predicted molar refractivity (Wildman–Crippen MR) is 88.7 cm³/mol. The fourth-order valence-corrected chi connectivity index (χ4v) is 2.32. The van der Waals surface area contributed by atoms with Crippen LogP contribution in [0.15, 0.2) is 36.5 Å². The molecule has 0 aliphatic carbocycles. The molecular formula is C17H24N4O. The van der Waals surface area contributed by atoms with Gasteiger partial charge in [-0.2, -0.15) is 5.10 Å². The fraction of sp³-hybridized carbons (Fsp3) is 0.412. The van der Waals surface area contributed by atoms with Crippen molar-refractivity contribution in [2.24, 2.45) is 0 Å². The topological polar surface area (TPSA) is 50.2 Å². The lowest BCUT2D eigenvalue weighted by atomic mass is 10.1. The molecule has 1 N–H and O–H groups in total. The van der Waals surface area contributed by atoms with Gasteiger partial charge in [-0.15, -0.1) is 0 Å². The van der Waals surface area contributed by atoms with Crippen molar-refractivity contribution in [2.75, 3.05) is 18.9 Å². The Kier molecular flexibility index (Phi) is 5.72. The number of rotatable bonds is 7. The van der Waals surface area contributed by atoms with E-state index in [2.05, 4.69) is 48.5 Å². The molecule has 1 amide bonds. The first-order chi connectivity index (χ1) is 10.6. The maximum atomic E-state index is 12.1. The summed E-state index contributed by atoms with van der Waals surface area (Å²) < 4.78 is 1.82. The molecule has 1 aromatic carbocycles. The number of likely N-dealkylation sites (N-methyl/N-ethyl adjacent to an activating group) is 1. The highest BCUT2D eigenvalue weighted by atomic mass is 16.2. The number of aryl methyl sites for hydroxylation is 2. The van der Waals surface area contributed by atoms with Gasteiger partial charge in [0.1, 0.15) is 5.82 Å². The summed E-state index contributed by atoms with van der Waals surface area (Å²) in [7, 11) is 1.95. The average molecular weight is 300 g/mol. The minimum absolute atomic E-state index is 0.0209. The van der Waals surface area contributed by atoms with Crippen molar-refractivity contribution in [3.63, 3.8) is 0 Å². The number of amides is 1. The standard InChI is InChI=1S/C17H24N4O/c1-4-11-21-16(9-10-18-21)19-17(22)13-20(3)12-15-7-5-14(2)6-8-15/h5-10H,4,11-13H2,1-3H3,(H,19,22). The zero-order valence-electron chi connectivity index (χ0n) is 13.5. The minimum Gasteiger partial charge on any atom is -0.310 e. The van der Waals surface area contributed by atoms with Gasteiger partial charge < -0.3 is 5.32 Å². The molecule has 0 saturated carbocycles. The van der Waals surface area contributed by atoms with E-state index >= 15 is 0 Å². The Bertz CT molecular complexity index is 603. The van der Waals surface area contributed by atoms with Gasteiger partial charge in [-0.05, 0) is 26.0 Å². The van der Waals surface area contributed by atoms with Crippen LogP contribution in [-0.2, 0) is 17.9 Å². The molecule has 1 aromatic heterocycles. The number of hydrogen-bond acceptors (Lipinski definition) is 3. The molecule has 0 aliphatic heterocycles. The van der Waals surface area contributed by atoms with Gasteiger partial charge >= 0.3 is 0 Å². The molecule has 22 heavy (non-hydrogen) atoms. The highest BCUT2D eigenvalue weighted by Crippen LogP contribution is 2.08. The Morgan fingerprint density at radius 2 is 2.00 bits per heavy atom. The van der Waals surface area contributed by atoms with Crippen molar-refractivity contribution in [1.29, 1.82) is 0 Å². The molecule has 5 heteroatoms. The lowest BCUT2D eigenvalue weighted by Crippen LogP contribution is -2.30. The summed E-state index contributed by atoms with van der Waals surface area (Å²) in [6, 6.07) is 10.2. The zero-order valence-corrected chi connectivity index (χ0v) is 13.5. The third-order valence-electron chi connectivity index (χ3n) is 3.41. The van der Waals surface area contributed by atoms with E-state index in [1.54, 1.807) is 6.20 Å². The normalized spacial score (nSPS) is 10.9. The van der Waals surface area contributed by atoms with Gasteiger partial charge in [0.05, 0.1) is 12.7 Å². The highest BCUT2D eigenvalue weighted by molar-refractivity contribution is 5.91. The van der Waals surface area contributed by atoms with Crippen LogP contribution in [0.4, 0.5) is 5.82 Å². The molecular weight excluding hydrogens is 276 g/mol. The molecule has 0 saturated heterocycles. The molecule has 0 radical (unpaired) electrons. The van der Waals surface area contributed by atoms with Crippen molar-refractivity contribution < 1.29 is 4.79 Å². The van der Waals surface area contributed by atoms with E-state index in [-0.39, 0.29) is 5.91 Å². The number of hydrogen-bond donors (Lipinski definition) is 1. The molecule has 0 fully saturated rings. The fourth-order valence-electron chi connectivity index (χ4n) is 2.32. The third kappa shape index (κ3) is 4.70. The molecule has 118 valence electrons. The molecule has 0 atom stereocenters. The van der Waals surface area contributed by atoms with E-state index in [1.165, 1.54) is 11.1 Å². The second kappa shape index (κ2) is 7.75. The summed E-state index contributed by atoms with van der Waals surface area (Å²) in [5, 5.41) is 7.12. The summed E-state index contributed by atoms with van der Waals surface area (Å²) in [6.45, 7) is 6.07. The average Bonchev–Trinajstić information content (AvgIpc) is 2.89. The Morgan fingerprint density at radius 1 is 1.27 bits per heavy atom. The highest BCUT2D eigenvalue weighted by Gasteiger charge is 2.10. The van der Waals surface area contributed by atoms with Crippen LogP contribution in [0.25, 0.3) is 0 Å². The van der Waals surface area contributed by atoms with Crippen molar-refractivity contribution in [3.05, 3.63) is 47.7 Å². The van der Waals surface area contributed by atoms with Gasteiger partial charge in [0.2, 0.25) is 5.91 Å². The van der Waals surface area contributed by atoms with Crippen LogP contribution in [0.1, 0.15) is 24.5 Å². The molecule has 1 heterocycles. The minimum atomic E-state index is -0.0209. The van der Waals surface area contributed by atoms with Gasteiger partial charge in [-0.25, -0.2) is 4.68 Å². The van der Waals surface area contributed by atoms with Gasteiger partial charge in [0.15, 0.2) is 0 Å². The maximum Gasteiger partial charge on any atom is 0.239 e. The lowest BCUT2D eigenvalue weighted by molar-refractivity contribution is -0.117. The molecule has 5 nitrogen and oxygen atoms in total. The first-order valence-corrected chi connectivity index (χ1v) is 7.64. The summed E-state index contributed by atoms with van der Waals surface area (Å²) >= 11 is 0. The van der Waals surface area contributed by atoms with E-state index < -0.39 is 0 Å². The quantitative estimate of drug-likeness (QED) is 0.855. The number of anilines is 1. The number of benzene rings is 1. The molecule has 2 aromatic rings. The molecule has 0 aliphatic rings. The van der Waals surface area contributed by atoms with Crippen LogP contribution < -0.4 is 5.32 Å². The van der Waals surface area contributed by atoms with E-state index in [9.17, 15) is 4.79 Å². The smallest absolute Gasteiger partial charge is 0.239 e. The Morgan fingerprint density at radius 3 is 2.68 bits per heavy atom. The van der Waals surface area contributed by atoms with Crippen molar-refractivity contribution in [1.82, 2.24) is 14.7 Å². The number of nitrogens with zero attached hydrogens (tertiary/aromatic N) is 3. The third-order valence-corrected chi connectivity index (χ3v) is 3.41. The zero-order chi connectivity index (χ0) is 15.9. The van der Waals surface area contributed by atoms with Crippen LogP contribution in [-0.4, -0.2) is 34.2 Å². The number of nitrogens with one attached hydrogen (secondary N) is 1. The van der Waals surface area contributed by atoms with Crippen molar-refractivity contribution in [3.8, 4) is 0 Å². The monoisotopic (exact) mass is 300 g/mol. The number of aromatic nitrogens is 2. The van der Waals surface area contributed by atoms with Gasteiger partial charge in [0.25, 0.3) is 0 Å². The van der Waals surface area contributed by atoms with E-state index in [0.717, 1.165) is 25.3 Å². The van der Waals surface area contributed by atoms with E-state index in [1.807, 2.05) is 22.7 Å². The van der Waals surface area contributed by atoms with Crippen molar-refractivity contribution >= 4 is 11.7 Å². The van der Waals surface area contributed by atoms with Gasteiger partial charge in [0, 0.05) is 19.2 Å². The summed E-state index contributed by atoms with van der Waals surface area (Å²) in [5.74, 6) is 0.739. The number of carbonyl (C=O) groups excluding carboxylic acids is 1. The largest absolute Gasteiger partial charge is 0.310 e. The van der Waals surface area contributed by atoms with Crippen LogP contribution in [0.5, 0.6) is 0 Å². The summed E-state index contributed by atoms with van der Waals surface area (Å²) in [4.78, 5) is 14.1. The van der Waals surface area contributed by atoms with E-state index in [4.69, 9.17) is 0 Å². The summed E-state index contributed by atoms with van der Waals surface area (Å²) in [6.07, 6.45) is 2.69. The van der Waals surface area contributed by atoms with Crippen LogP contribution in [0.3, 0.4) is 0 Å². The molecule has 2 rings (SSSR count). The van der Waals surface area contributed by atoms with Gasteiger partial charge in [-0.3, -0.25) is 9.69 Å². The lowest BCUT2D eigenvalue weighted by Gasteiger charge is -2.16. The first-order valence-electron chi connectivity index (χ1n) is 7.64. The van der Waals surface area contributed by atoms with Crippen LogP contribution in [0.2, 0.25) is 0 Å². The second-order valence-electron chi connectivity index (χ2n) is 5.65. The summed E-state index contributed by atoms with van der Waals surface area (Å²) in [5.41, 5.74) is 2.45.